The summed E-state index contributed by atoms with van der Waals surface area (Å²) >= 11 is 0. The molecule has 39 heavy (non-hydrogen) atoms. The highest BCUT2D eigenvalue weighted by molar-refractivity contribution is 5.94. The van der Waals surface area contributed by atoms with Gasteiger partial charge in [-0.15, -0.1) is 4.91 Å². The van der Waals surface area contributed by atoms with Crippen molar-refractivity contribution in [2.45, 2.75) is 39.3 Å². The minimum absolute atomic E-state index is 0.204. The second-order valence-corrected chi connectivity index (χ2v) is 10.3. The summed E-state index contributed by atoms with van der Waals surface area (Å²) < 4.78 is 24.8. The summed E-state index contributed by atoms with van der Waals surface area (Å²) in [5.41, 5.74) is 2.22. The van der Waals surface area contributed by atoms with Gasteiger partial charge < -0.3 is 23.5 Å². The molecule has 0 fully saturated rings. The molecule has 0 saturated carbocycles. The smallest absolute Gasteiger partial charge is 0.322 e. The fourth-order valence-electron chi connectivity index (χ4n) is 4.96. The predicted octanol–water partition coefficient (Wildman–Crippen LogP) is 5.19. The summed E-state index contributed by atoms with van der Waals surface area (Å²) in [4.78, 5) is 36.1. The Morgan fingerprint density at radius 1 is 1.08 bits per heavy atom. The zero-order valence-electron chi connectivity index (χ0n) is 22.8. The van der Waals surface area contributed by atoms with Crippen LogP contribution in [-0.4, -0.2) is 44.5 Å². The molecule has 0 spiro atoms. The van der Waals surface area contributed by atoms with E-state index in [1.807, 2.05) is 47.0 Å². The first-order chi connectivity index (χ1) is 18.8. The first-order valence-electron chi connectivity index (χ1n) is 12.9. The van der Waals surface area contributed by atoms with Gasteiger partial charge >= 0.3 is 5.91 Å². The molecule has 2 heterocycles. The summed E-state index contributed by atoms with van der Waals surface area (Å²) in [6, 6.07) is 14.9. The molecule has 0 bridgehead atoms. The van der Waals surface area contributed by atoms with E-state index in [4.69, 9.17) is 18.9 Å². The van der Waals surface area contributed by atoms with Crippen molar-refractivity contribution < 1.29 is 23.7 Å². The van der Waals surface area contributed by atoms with Gasteiger partial charge in [-0.05, 0) is 29.7 Å². The molecule has 1 amide bonds. The van der Waals surface area contributed by atoms with Crippen LogP contribution in [0, 0.1) is 10.3 Å². The van der Waals surface area contributed by atoms with E-state index >= 15 is 0 Å². The molecule has 206 valence electrons. The van der Waals surface area contributed by atoms with Crippen LogP contribution < -0.4 is 14.9 Å². The number of fused-ring (bicyclic) bond motifs is 3. The number of methoxy groups -OCH3 is 2. The second kappa shape index (κ2) is 12.4. The lowest BCUT2D eigenvalue weighted by atomic mass is 9.77. The van der Waals surface area contributed by atoms with E-state index in [-0.39, 0.29) is 11.6 Å². The summed E-state index contributed by atoms with van der Waals surface area (Å²) in [7, 11) is 3.21. The zero-order valence-corrected chi connectivity index (χ0v) is 22.8. The molecule has 9 heteroatoms. The third-order valence-electron chi connectivity index (χ3n) is 7.05. The number of hydrogen-bond acceptors (Lipinski definition) is 7. The maximum atomic E-state index is 12.9. The molecular formula is C30H34N2O7. The lowest BCUT2D eigenvalue weighted by Gasteiger charge is -2.41. The van der Waals surface area contributed by atoms with Crippen LogP contribution in [0.5, 0.6) is 11.5 Å². The van der Waals surface area contributed by atoms with Crippen molar-refractivity contribution >= 4 is 5.91 Å². The van der Waals surface area contributed by atoms with Crippen molar-refractivity contribution in [1.29, 1.82) is 0 Å². The van der Waals surface area contributed by atoms with Crippen LogP contribution in [0.15, 0.2) is 64.7 Å². The number of rotatable bonds is 12. The molecule has 3 aromatic rings. The van der Waals surface area contributed by atoms with Crippen LogP contribution in [0.25, 0.3) is 11.3 Å². The Balaban J connectivity index is 1.73. The number of benzene rings is 2. The van der Waals surface area contributed by atoms with Gasteiger partial charge in [-0.3, -0.25) is 9.59 Å². The van der Waals surface area contributed by atoms with Gasteiger partial charge in [0, 0.05) is 54.6 Å². The average molecular weight is 535 g/mol. The molecule has 1 unspecified atom stereocenters. The largest absolute Gasteiger partial charge is 0.493 e. The number of pyridine rings is 1. The molecule has 0 aliphatic carbocycles. The normalized spacial score (nSPS) is 14.3. The van der Waals surface area contributed by atoms with Crippen LogP contribution in [0.3, 0.4) is 0 Å². The third kappa shape index (κ3) is 6.26. The highest BCUT2D eigenvalue weighted by atomic mass is 16.5. The Morgan fingerprint density at radius 3 is 2.54 bits per heavy atom. The van der Waals surface area contributed by atoms with Crippen LogP contribution in [0.2, 0.25) is 0 Å². The SMILES string of the molecule is COCCCOc1cc2c(cc1OC)-c1cc(=O)c(C(=O)N=O)cn1C(C(C)(C)COCc1ccccc1)C2. The van der Waals surface area contributed by atoms with Gasteiger partial charge in [-0.1, -0.05) is 44.2 Å². The Hall–Kier alpha value is -3.82. The highest BCUT2D eigenvalue weighted by Gasteiger charge is 2.37. The number of aromatic nitrogens is 1. The second-order valence-electron chi connectivity index (χ2n) is 10.3. The van der Waals surface area contributed by atoms with E-state index in [1.165, 1.54) is 12.3 Å². The molecular weight excluding hydrogens is 500 g/mol. The molecule has 1 aromatic heterocycles. The van der Waals surface area contributed by atoms with E-state index in [0.29, 0.717) is 50.0 Å². The molecule has 0 N–H and O–H groups in total. The van der Waals surface area contributed by atoms with Gasteiger partial charge in [0.25, 0.3) is 0 Å². The van der Waals surface area contributed by atoms with Gasteiger partial charge in [-0.2, -0.15) is 0 Å². The number of ether oxygens (including phenoxy) is 4. The topological polar surface area (TPSA) is 105 Å². The van der Waals surface area contributed by atoms with Crippen LogP contribution in [0.4, 0.5) is 0 Å². The molecule has 0 radical (unpaired) electrons. The predicted molar refractivity (Wildman–Crippen MR) is 147 cm³/mol. The number of nitroso groups, excluding NO2 is 1. The summed E-state index contributed by atoms with van der Waals surface area (Å²) in [5, 5.41) is 2.49. The summed E-state index contributed by atoms with van der Waals surface area (Å²) in [6.45, 7) is 6.09. The van der Waals surface area contributed by atoms with Crippen molar-refractivity contribution in [2.75, 3.05) is 34.0 Å². The Kier molecular flexibility index (Phi) is 8.93. The summed E-state index contributed by atoms with van der Waals surface area (Å²) in [6.07, 6.45) is 2.76. The maximum Gasteiger partial charge on any atom is 0.322 e. The number of carbonyl (C=O) groups excluding carboxylic acids is 1. The van der Waals surface area contributed by atoms with Crippen LogP contribution >= 0.6 is 0 Å². The molecule has 1 aliphatic rings. The Bertz CT molecular complexity index is 1380. The first-order valence-corrected chi connectivity index (χ1v) is 12.9. The summed E-state index contributed by atoms with van der Waals surface area (Å²) in [5.74, 6) is 0.0520. The lowest BCUT2D eigenvalue weighted by molar-refractivity contribution is 0.0220. The van der Waals surface area contributed by atoms with E-state index in [2.05, 4.69) is 19.0 Å². The average Bonchev–Trinajstić information content (AvgIpc) is 2.94. The maximum absolute atomic E-state index is 12.9. The van der Waals surface area contributed by atoms with Gasteiger partial charge in [0.05, 0.1) is 32.6 Å². The fourth-order valence-corrected chi connectivity index (χ4v) is 4.96. The quantitative estimate of drug-likeness (QED) is 0.233. The van der Waals surface area contributed by atoms with Gasteiger partial charge in [0.2, 0.25) is 0 Å². The van der Waals surface area contributed by atoms with Crippen molar-refractivity contribution in [3.05, 3.63) is 86.5 Å². The number of nitrogens with zero attached hydrogens (tertiary/aromatic N) is 2. The lowest BCUT2D eigenvalue weighted by Crippen LogP contribution is -2.37. The third-order valence-corrected chi connectivity index (χ3v) is 7.05. The van der Waals surface area contributed by atoms with Gasteiger partial charge in [-0.25, -0.2) is 0 Å². The van der Waals surface area contributed by atoms with Crippen LogP contribution in [0.1, 0.15) is 47.8 Å². The van der Waals surface area contributed by atoms with Crippen molar-refractivity contribution in [1.82, 2.24) is 4.57 Å². The molecule has 2 aromatic carbocycles. The monoisotopic (exact) mass is 534 g/mol. The number of carbonyl (C=O) groups is 1. The fraction of sp³-hybridized carbons (Fsp3) is 0.400. The van der Waals surface area contributed by atoms with Gasteiger partial charge in [0.1, 0.15) is 5.56 Å². The molecule has 1 aliphatic heterocycles. The minimum atomic E-state index is -1.09. The first kappa shape index (κ1) is 28.2. The van der Waals surface area contributed by atoms with Crippen molar-refractivity contribution in [3.8, 4) is 22.8 Å². The molecule has 9 nitrogen and oxygen atoms in total. The molecule has 0 saturated heterocycles. The van der Waals surface area contributed by atoms with E-state index < -0.39 is 16.8 Å². The molecule has 4 rings (SSSR count). The Labute approximate surface area is 227 Å². The minimum Gasteiger partial charge on any atom is -0.493 e. The standard InChI is InChI=1S/C30H34N2O7/c1-30(2,19-38-18-20-9-6-5-7-10-20)28-14-21-13-27(39-12-8-11-36-3)26(37-4)15-22(21)24-16-25(33)23(17-32(24)28)29(34)31-35/h5-7,9-10,13,15-17,28H,8,11-12,14,18-19H2,1-4H3. The van der Waals surface area contributed by atoms with E-state index in [0.717, 1.165) is 23.1 Å². The number of hydrogen-bond donors (Lipinski definition) is 0. The zero-order chi connectivity index (χ0) is 28.0. The molecule has 1 atom stereocenters. The van der Waals surface area contributed by atoms with E-state index in [1.54, 1.807) is 14.2 Å². The van der Waals surface area contributed by atoms with Crippen molar-refractivity contribution in [3.63, 3.8) is 0 Å². The van der Waals surface area contributed by atoms with Crippen LogP contribution in [-0.2, 0) is 22.5 Å². The number of amides is 1. The van der Waals surface area contributed by atoms with Crippen molar-refractivity contribution in [2.24, 2.45) is 10.6 Å². The van der Waals surface area contributed by atoms with Gasteiger partial charge in [0.15, 0.2) is 16.9 Å². The highest BCUT2D eigenvalue weighted by Crippen LogP contribution is 2.46. The Morgan fingerprint density at radius 2 is 1.85 bits per heavy atom. The van der Waals surface area contributed by atoms with E-state index in [9.17, 15) is 14.5 Å².